The average Bonchev–Trinajstić information content (AvgIpc) is 3.09. The van der Waals surface area contributed by atoms with E-state index in [0.29, 0.717) is 11.1 Å². The maximum absolute atomic E-state index is 11.9. The summed E-state index contributed by atoms with van der Waals surface area (Å²) in [6.45, 7) is 0. The van der Waals surface area contributed by atoms with Gasteiger partial charge in [0, 0.05) is 36.2 Å². The molecule has 0 aliphatic rings. The van der Waals surface area contributed by atoms with Gasteiger partial charge in [-0.2, -0.15) is 0 Å². The lowest BCUT2D eigenvalue weighted by molar-refractivity contribution is -0.384. The number of aromatic nitrogens is 3. The zero-order valence-electron chi connectivity index (χ0n) is 12.7. The van der Waals surface area contributed by atoms with Crippen molar-refractivity contribution in [2.75, 3.05) is 5.32 Å². The lowest BCUT2D eigenvalue weighted by atomic mass is 10.2. The molecule has 0 radical (unpaired) electrons. The van der Waals surface area contributed by atoms with Crippen LogP contribution in [-0.2, 0) is 4.79 Å². The monoisotopic (exact) mass is 337 g/mol. The fourth-order valence-electron chi connectivity index (χ4n) is 1.91. The van der Waals surface area contributed by atoms with E-state index in [4.69, 9.17) is 4.42 Å². The summed E-state index contributed by atoms with van der Waals surface area (Å²) in [6, 6.07) is 9.16. The van der Waals surface area contributed by atoms with Crippen LogP contribution in [0.1, 0.15) is 5.56 Å². The Bertz CT molecular complexity index is 919. The SMILES string of the molecule is O=C(/C=C/c1ccc([N+](=O)[O-])cc1)Nc1nnc(-c2ccncc2)o1. The molecule has 2 aromatic heterocycles. The number of nitro benzene ring substituents is 1. The van der Waals surface area contributed by atoms with Crippen LogP contribution in [0.3, 0.4) is 0 Å². The molecule has 9 nitrogen and oxygen atoms in total. The molecular weight excluding hydrogens is 326 g/mol. The molecule has 0 saturated heterocycles. The molecule has 0 aliphatic carbocycles. The van der Waals surface area contributed by atoms with Crippen molar-refractivity contribution in [3.05, 3.63) is 70.5 Å². The Morgan fingerprint density at radius 2 is 1.84 bits per heavy atom. The number of amides is 1. The summed E-state index contributed by atoms with van der Waals surface area (Å²) < 4.78 is 5.34. The van der Waals surface area contributed by atoms with Gasteiger partial charge in [-0.1, -0.05) is 5.10 Å². The number of carbonyl (C=O) groups is 1. The minimum atomic E-state index is -0.490. The summed E-state index contributed by atoms with van der Waals surface area (Å²) >= 11 is 0. The predicted molar refractivity (Wildman–Crippen MR) is 88.3 cm³/mol. The molecule has 124 valence electrons. The van der Waals surface area contributed by atoms with Crippen molar-refractivity contribution in [2.45, 2.75) is 0 Å². The number of rotatable bonds is 5. The van der Waals surface area contributed by atoms with Crippen molar-refractivity contribution in [3.63, 3.8) is 0 Å². The van der Waals surface area contributed by atoms with E-state index in [1.54, 1.807) is 24.5 Å². The number of nitrogens with one attached hydrogen (secondary N) is 1. The van der Waals surface area contributed by atoms with Gasteiger partial charge < -0.3 is 4.42 Å². The fraction of sp³-hybridized carbons (Fsp3) is 0. The molecule has 25 heavy (non-hydrogen) atoms. The zero-order chi connectivity index (χ0) is 17.6. The number of carbonyl (C=O) groups excluding carboxylic acids is 1. The first-order valence-electron chi connectivity index (χ1n) is 7.09. The Kier molecular flexibility index (Phi) is 4.56. The van der Waals surface area contributed by atoms with E-state index in [0.717, 1.165) is 0 Å². The summed E-state index contributed by atoms with van der Waals surface area (Å²) in [6.07, 6.45) is 5.95. The van der Waals surface area contributed by atoms with Gasteiger partial charge in [-0.15, -0.1) is 5.10 Å². The highest BCUT2D eigenvalue weighted by Gasteiger charge is 2.09. The van der Waals surface area contributed by atoms with Crippen LogP contribution >= 0.6 is 0 Å². The van der Waals surface area contributed by atoms with Gasteiger partial charge in [0.25, 0.3) is 11.6 Å². The van der Waals surface area contributed by atoms with E-state index in [9.17, 15) is 14.9 Å². The first kappa shape index (κ1) is 16.0. The zero-order valence-corrected chi connectivity index (χ0v) is 12.7. The second-order valence-electron chi connectivity index (χ2n) is 4.82. The normalized spacial score (nSPS) is 10.7. The largest absolute Gasteiger partial charge is 0.403 e. The Hall–Kier alpha value is -3.88. The number of hydrogen-bond acceptors (Lipinski definition) is 7. The van der Waals surface area contributed by atoms with Crippen LogP contribution < -0.4 is 5.32 Å². The van der Waals surface area contributed by atoms with Crippen molar-refractivity contribution in [1.29, 1.82) is 0 Å². The molecule has 3 aromatic rings. The predicted octanol–water partition coefficient (Wildman–Crippen LogP) is 2.69. The number of nitrogens with zero attached hydrogens (tertiary/aromatic N) is 4. The molecule has 1 aromatic carbocycles. The van der Waals surface area contributed by atoms with Crippen molar-refractivity contribution in [2.24, 2.45) is 0 Å². The van der Waals surface area contributed by atoms with E-state index in [-0.39, 0.29) is 17.6 Å². The van der Waals surface area contributed by atoms with Crippen LogP contribution in [0.15, 0.2) is 59.3 Å². The maximum Gasteiger partial charge on any atom is 0.322 e. The summed E-state index contributed by atoms with van der Waals surface area (Å²) in [4.78, 5) is 25.8. The standard InChI is InChI=1S/C16H11N5O4/c22-14(6-3-11-1-4-13(5-2-11)21(23)24)18-16-20-19-15(25-16)12-7-9-17-10-8-12/h1-10H,(H,18,20,22)/b6-3+. The van der Waals surface area contributed by atoms with Gasteiger partial charge in [0.15, 0.2) is 0 Å². The van der Waals surface area contributed by atoms with E-state index in [1.165, 1.54) is 36.4 Å². The third-order valence-corrected chi connectivity index (χ3v) is 3.11. The van der Waals surface area contributed by atoms with Gasteiger partial charge in [-0.25, -0.2) is 0 Å². The third kappa shape index (κ3) is 4.10. The van der Waals surface area contributed by atoms with E-state index < -0.39 is 10.8 Å². The minimum absolute atomic E-state index is 0.0175. The molecule has 0 aliphatic heterocycles. The number of hydrogen-bond donors (Lipinski definition) is 1. The van der Waals surface area contributed by atoms with Gasteiger partial charge in [0.2, 0.25) is 5.89 Å². The number of benzene rings is 1. The first-order chi connectivity index (χ1) is 12.1. The maximum atomic E-state index is 11.9. The second kappa shape index (κ2) is 7.13. The molecule has 9 heteroatoms. The highest BCUT2D eigenvalue weighted by molar-refractivity contribution is 6.00. The number of non-ortho nitro benzene ring substituents is 1. The van der Waals surface area contributed by atoms with E-state index in [1.807, 2.05) is 0 Å². The van der Waals surface area contributed by atoms with Crippen LogP contribution in [0.25, 0.3) is 17.5 Å². The van der Waals surface area contributed by atoms with Crippen LogP contribution in [0.2, 0.25) is 0 Å². The second-order valence-corrected chi connectivity index (χ2v) is 4.82. The third-order valence-electron chi connectivity index (χ3n) is 3.11. The Morgan fingerprint density at radius 1 is 1.12 bits per heavy atom. The van der Waals surface area contributed by atoms with Gasteiger partial charge in [0.1, 0.15) is 0 Å². The van der Waals surface area contributed by atoms with Crippen molar-refractivity contribution in [1.82, 2.24) is 15.2 Å². The molecule has 0 saturated carbocycles. The number of nitro groups is 1. The molecule has 3 rings (SSSR count). The molecule has 1 N–H and O–H groups in total. The van der Waals surface area contributed by atoms with Crippen LogP contribution in [0.5, 0.6) is 0 Å². The smallest absolute Gasteiger partial charge is 0.322 e. The molecule has 0 fully saturated rings. The molecule has 0 atom stereocenters. The topological polar surface area (TPSA) is 124 Å². The van der Waals surface area contributed by atoms with Gasteiger partial charge >= 0.3 is 6.01 Å². The minimum Gasteiger partial charge on any atom is -0.403 e. The quantitative estimate of drug-likeness (QED) is 0.431. The molecule has 0 spiro atoms. The van der Waals surface area contributed by atoms with Gasteiger partial charge in [-0.05, 0) is 35.9 Å². The highest BCUT2D eigenvalue weighted by atomic mass is 16.6. The van der Waals surface area contributed by atoms with Crippen molar-refractivity contribution in [3.8, 4) is 11.5 Å². The lowest BCUT2D eigenvalue weighted by Crippen LogP contribution is -2.07. The Morgan fingerprint density at radius 3 is 2.52 bits per heavy atom. The molecule has 0 unspecified atom stereocenters. The van der Waals surface area contributed by atoms with E-state index >= 15 is 0 Å². The number of anilines is 1. The van der Waals surface area contributed by atoms with E-state index in [2.05, 4.69) is 20.5 Å². The molecule has 2 heterocycles. The van der Waals surface area contributed by atoms with Gasteiger partial charge in [0.05, 0.1) is 4.92 Å². The Balaban J connectivity index is 1.63. The average molecular weight is 337 g/mol. The molecule has 1 amide bonds. The lowest BCUT2D eigenvalue weighted by Gasteiger charge is -1.96. The first-order valence-corrected chi connectivity index (χ1v) is 7.09. The van der Waals surface area contributed by atoms with Crippen molar-refractivity contribution < 1.29 is 14.1 Å². The van der Waals surface area contributed by atoms with Crippen LogP contribution in [0, 0.1) is 10.1 Å². The fourth-order valence-corrected chi connectivity index (χ4v) is 1.91. The van der Waals surface area contributed by atoms with Crippen LogP contribution in [0.4, 0.5) is 11.7 Å². The van der Waals surface area contributed by atoms with Gasteiger partial charge in [-0.3, -0.25) is 25.2 Å². The summed E-state index contributed by atoms with van der Waals surface area (Å²) in [5.41, 5.74) is 1.31. The summed E-state index contributed by atoms with van der Waals surface area (Å²) in [5, 5.41) is 20.6. The summed E-state index contributed by atoms with van der Waals surface area (Å²) in [5.74, 6) is -0.208. The molecular formula is C16H11N5O4. The van der Waals surface area contributed by atoms with Crippen LogP contribution in [-0.4, -0.2) is 26.0 Å². The molecule has 0 bridgehead atoms. The number of pyridine rings is 1. The Labute approximate surface area is 141 Å². The summed E-state index contributed by atoms with van der Waals surface area (Å²) in [7, 11) is 0. The highest BCUT2D eigenvalue weighted by Crippen LogP contribution is 2.18. The van der Waals surface area contributed by atoms with Crippen molar-refractivity contribution >= 4 is 23.7 Å².